The van der Waals surface area contributed by atoms with Crippen molar-refractivity contribution in [1.82, 2.24) is 10.6 Å². The number of nitrogens with two attached hydrogens (primary N) is 1. The summed E-state index contributed by atoms with van der Waals surface area (Å²) in [6.07, 6.45) is 2.17. The van der Waals surface area contributed by atoms with E-state index in [2.05, 4.69) is 10.6 Å². The fraction of sp³-hybridized carbons (Fsp3) is 0.417. The molecule has 1 aliphatic rings. The van der Waals surface area contributed by atoms with E-state index in [-0.39, 0.29) is 6.03 Å². The van der Waals surface area contributed by atoms with Crippen molar-refractivity contribution in [1.29, 1.82) is 0 Å². The first-order valence-electron chi connectivity index (χ1n) is 5.66. The number of anilines is 1. The second-order valence-electron chi connectivity index (χ2n) is 4.18. The minimum absolute atomic E-state index is 0.123. The predicted molar refractivity (Wildman–Crippen MR) is 65.8 cm³/mol. The van der Waals surface area contributed by atoms with E-state index in [9.17, 15) is 4.79 Å². The Balaban J connectivity index is 1.85. The summed E-state index contributed by atoms with van der Waals surface area (Å²) in [5.74, 6) is 0.649. The molecule has 4 N–H and O–H groups in total. The Morgan fingerprint density at radius 3 is 2.88 bits per heavy atom. The molecular weight excluding hydrogens is 218 g/mol. The van der Waals surface area contributed by atoms with Gasteiger partial charge in [-0.1, -0.05) is 6.07 Å². The van der Waals surface area contributed by atoms with E-state index in [1.165, 1.54) is 0 Å². The van der Waals surface area contributed by atoms with Gasteiger partial charge in [-0.3, -0.25) is 0 Å². The third kappa shape index (κ3) is 3.27. The molecule has 0 atom stereocenters. The summed E-state index contributed by atoms with van der Waals surface area (Å²) in [7, 11) is 1.58. The average Bonchev–Trinajstić information content (AvgIpc) is 3.10. The van der Waals surface area contributed by atoms with Gasteiger partial charge in [-0.25, -0.2) is 4.79 Å². The molecule has 2 rings (SSSR count). The summed E-state index contributed by atoms with van der Waals surface area (Å²) in [6.45, 7) is 0.465. The van der Waals surface area contributed by atoms with Crippen LogP contribution >= 0.6 is 0 Å². The summed E-state index contributed by atoms with van der Waals surface area (Å²) >= 11 is 0. The molecule has 92 valence electrons. The van der Waals surface area contributed by atoms with E-state index in [4.69, 9.17) is 10.5 Å². The van der Waals surface area contributed by atoms with Gasteiger partial charge in [0.1, 0.15) is 5.75 Å². The molecule has 17 heavy (non-hydrogen) atoms. The molecule has 1 aliphatic carbocycles. The van der Waals surface area contributed by atoms with Crippen molar-refractivity contribution in [3.63, 3.8) is 0 Å². The molecular formula is C12H17N3O2. The van der Waals surface area contributed by atoms with Gasteiger partial charge in [-0.15, -0.1) is 0 Å². The minimum Gasteiger partial charge on any atom is -0.495 e. The molecule has 0 radical (unpaired) electrons. The van der Waals surface area contributed by atoms with Gasteiger partial charge < -0.3 is 21.1 Å². The van der Waals surface area contributed by atoms with Crippen molar-refractivity contribution in [2.45, 2.75) is 25.4 Å². The van der Waals surface area contributed by atoms with Gasteiger partial charge in [-0.05, 0) is 30.5 Å². The molecule has 1 saturated carbocycles. The zero-order valence-electron chi connectivity index (χ0n) is 9.82. The first-order chi connectivity index (χ1) is 8.19. The van der Waals surface area contributed by atoms with E-state index in [0.29, 0.717) is 24.0 Å². The Kier molecular flexibility index (Phi) is 3.37. The van der Waals surface area contributed by atoms with Crippen LogP contribution in [0.1, 0.15) is 18.4 Å². The van der Waals surface area contributed by atoms with Crippen LogP contribution in [0.15, 0.2) is 18.2 Å². The molecule has 5 heteroatoms. The number of nitrogen functional groups attached to an aromatic ring is 1. The lowest BCUT2D eigenvalue weighted by molar-refractivity contribution is 0.240. The standard InChI is InChI=1S/C12H17N3O2/c1-17-11-5-2-8(6-10(11)13)7-14-12(16)15-9-3-4-9/h2,5-6,9H,3-4,7,13H2,1H3,(H2,14,15,16). The highest BCUT2D eigenvalue weighted by Gasteiger charge is 2.22. The third-order valence-corrected chi connectivity index (χ3v) is 2.66. The fourth-order valence-corrected chi connectivity index (χ4v) is 1.54. The lowest BCUT2D eigenvalue weighted by Crippen LogP contribution is -2.36. The normalized spacial score (nSPS) is 14.2. The number of methoxy groups -OCH3 is 1. The average molecular weight is 235 g/mol. The third-order valence-electron chi connectivity index (χ3n) is 2.66. The molecule has 1 fully saturated rings. The van der Waals surface area contributed by atoms with Crippen LogP contribution in [0, 0.1) is 0 Å². The molecule has 2 amide bonds. The van der Waals surface area contributed by atoms with Gasteiger partial charge in [-0.2, -0.15) is 0 Å². The van der Waals surface area contributed by atoms with Gasteiger partial charge >= 0.3 is 6.03 Å². The van der Waals surface area contributed by atoms with E-state index in [1.54, 1.807) is 19.2 Å². The van der Waals surface area contributed by atoms with Gasteiger partial charge in [0.2, 0.25) is 0 Å². The van der Waals surface area contributed by atoms with Crippen LogP contribution in [0.2, 0.25) is 0 Å². The zero-order chi connectivity index (χ0) is 12.3. The van der Waals surface area contributed by atoms with Crippen LogP contribution in [0.4, 0.5) is 10.5 Å². The number of urea groups is 1. The summed E-state index contributed by atoms with van der Waals surface area (Å²) in [6, 6.07) is 5.73. The number of carbonyl (C=O) groups is 1. The number of carbonyl (C=O) groups excluding carboxylic acids is 1. The summed E-state index contributed by atoms with van der Waals surface area (Å²) < 4.78 is 5.06. The quantitative estimate of drug-likeness (QED) is 0.687. The van der Waals surface area contributed by atoms with Gasteiger partial charge in [0.25, 0.3) is 0 Å². The Bertz CT molecular complexity index is 416. The van der Waals surface area contributed by atoms with Crippen LogP contribution in [-0.4, -0.2) is 19.2 Å². The second kappa shape index (κ2) is 4.95. The molecule has 1 aromatic rings. The first-order valence-corrected chi connectivity index (χ1v) is 5.66. The van der Waals surface area contributed by atoms with Crippen molar-refractivity contribution < 1.29 is 9.53 Å². The molecule has 1 aromatic carbocycles. The van der Waals surface area contributed by atoms with E-state index >= 15 is 0 Å². The van der Waals surface area contributed by atoms with Crippen molar-refractivity contribution in [3.05, 3.63) is 23.8 Å². The summed E-state index contributed by atoms with van der Waals surface area (Å²) in [5.41, 5.74) is 7.31. The highest BCUT2D eigenvalue weighted by molar-refractivity contribution is 5.74. The summed E-state index contributed by atoms with van der Waals surface area (Å²) in [4.78, 5) is 11.4. The second-order valence-corrected chi connectivity index (χ2v) is 4.18. The molecule has 0 aliphatic heterocycles. The first kappa shape index (κ1) is 11.6. The van der Waals surface area contributed by atoms with Crippen molar-refractivity contribution >= 4 is 11.7 Å². The van der Waals surface area contributed by atoms with Crippen LogP contribution in [0.3, 0.4) is 0 Å². The number of ether oxygens (including phenoxy) is 1. The molecule has 0 heterocycles. The molecule has 0 bridgehead atoms. The minimum atomic E-state index is -0.123. The van der Waals surface area contributed by atoms with Crippen molar-refractivity contribution in [3.8, 4) is 5.75 Å². The molecule has 0 spiro atoms. The number of benzene rings is 1. The Hall–Kier alpha value is -1.91. The monoisotopic (exact) mass is 235 g/mol. The van der Waals surface area contributed by atoms with Gasteiger partial charge in [0.05, 0.1) is 12.8 Å². The Morgan fingerprint density at radius 1 is 1.53 bits per heavy atom. The largest absolute Gasteiger partial charge is 0.495 e. The van der Waals surface area contributed by atoms with Gasteiger partial charge in [0.15, 0.2) is 0 Å². The van der Waals surface area contributed by atoms with Crippen LogP contribution < -0.4 is 21.1 Å². The molecule has 0 unspecified atom stereocenters. The maximum atomic E-state index is 11.4. The number of hydrogen-bond donors (Lipinski definition) is 3. The van der Waals surface area contributed by atoms with Crippen LogP contribution in [-0.2, 0) is 6.54 Å². The van der Waals surface area contributed by atoms with E-state index < -0.39 is 0 Å². The summed E-state index contributed by atoms with van der Waals surface area (Å²) in [5, 5.41) is 5.64. The van der Waals surface area contributed by atoms with Crippen molar-refractivity contribution in [2.24, 2.45) is 0 Å². The lowest BCUT2D eigenvalue weighted by atomic mass is 10.2. The van der Waals surface area contributed by atoms with Crippen LogP contribution in [0.25, 0.3) is 0 Å². The van der Waals surface area contributed by atoms with E-state index in [1.807, 2.05) is 6.07 Å². The smallest absolute Gasteiger partial charge is 0.315 e. The maximum Gasteiger partial charge on any atom is 0.315 e. The van der Waals surface area contributed by atoms with E-state index in [0.717, 1.165) is 18.4 Å². The number of nitrogens with one attached hydrogen (secondary N) is 2. The Labute approximate surface area is 100 Å². The molecule has 0 aromatic heterocycles. The maximum absolute atomic E-state index is 11.4. The lowest BCUT2D eigenvalue weighted by Gasteiger charge is -2.09. The topological polar surface area (TPSA) is 76.4 Å². The highest BCUT2D eigenvalue weighted by atomic mass is 16.5. The zero-order valence-corrected chi connectivity index (χ0v) is 9.82. The Morgan fingerprint density at radius 2 is 2.29 bits per heavy atom. The highest BCUT2D eigenvalue weighted by Crippen LogP contribution is 2.21. The van der Waals surface area contributed by atoms with Crippen molar-refractivity contribution in [2.75, 3.05) is 12.8 Å². The fourth-order valence-electron chi connectivity index (χ4n) is 1.54. The molecule has 5 nitrogen and oxygen atoms in total. The van der Waals surface area contributed by atoms with Crippen LogP contribution in [0.5, 0.6) is 5.75 Å². The number of hydrogen-bond acceptors (Lipinski definition) is 3. The SMILES string of the molecule is COc1ccc(CNC(=O)NC2CC2)cc1N. The predicted octanol–water partition coefficient (Wildman–Crippen LogP) is 1.24. The number of amides is 2. The van der Waals surface area contributed by atoms with Gasteiger partial charge in [0, 0.05) is 12.6 Å². The number of rotatable bonds is 4. The molecule has 0 saturated heterocycles.